The lowest BCUT2D eigenvalue weighted by Crippen LogP contribution is -2.24. The molecule has 0 fully saturated rings. The van der Waals surface area contributed by atoms with Gasteiger partial charge in [-0.2, -0.15) is 0 Å². The Morgan fingerprint density at radius 1 is 0.786 bits per heavy atom. The Morgan fingerprint density at radius 3 is 2.07 bits per heavy atom. The fraction of sp³-hybridized carbons (Fsp3) is 0.143. The molecule has 0 atom stereocenters. The molecule has 0 amide bonds. The number of nitrogens with one attached hydrogen (secondary N) is 1. The molecule has 0 aliphatic carbocycles. The van der Waals surface area contributed by atoms with Gasteiger partial charge in [0.15, 0.2) is 0 Å². The third-order valence-electron chi connectivity index (χ3n) is 4.09. The molecule has 3 rings (SSSR count). The summed E-state index contributed by atoms with van der Waals surface area (Å²) in [6.07, 6.45) is 0. The van der Waals surface area contributed by atoms with E-state index in [1.807, 2.05) is 42.5 Å². The molecular formula is C21H19F2NO3S. The monoisotopic (exact) mass is 403 g/mol. The van der Waals surface area contributed by atoms with Crippen molar-refractivity contribution in [1.82, 2.24) is 4.72 Å². The van der Waals surface area contributed by atoms with Crippen LogP contribution in [0.2, 0.25) is 0 Å². The lowest BCUT2D eigenvalue weighted by atomic mass is 10.1. The summed E-state index contributed by atoms with van der Waals surface area (Å²) < 4.78 is 59.4. The van der Waals surface area contributed by atoms with E-state index in [2.05, 4.69) is 4.72 Å². The van der Waals surface area contributed by atoms with Crippen LogP contribution in [-0.4, -0.2) is 8.42 Å². The maximum atomic E-state index is 13.3. The molecule has 7 heteroatoms. The van der Waals surface area contributed by atoms with Crippen LogP contribution >= 0.6 is 0 Å². The number of halogens is 2. The summed E-state index contributed by atoms with van der Waals surface area (Å²) >= 11 is 0. The zero-order chi connectivity index (χ0) is 20.0. The van der Waals surface area contributed by atoms with E-state index in [4.69, 9.17) is 4.74 Å². The third-order valence-corrected chi connectivity index (χ3v) is 5.47. The maximum absolute atomic E-state index is 13.3. The Kier molecular flexibility index (Phi) is 6.51. The molecule has 0 aliphatic rings. The van der Waals surface area contributed by atoms with Crippen molar-refractivity contribution in [1.29, 1.82) is 0 Å². The first kappa shape index (κ1) is 20.1. The van der Waals surface area contributed by atoms with E-state index < -0.39 is 26.6 Å². The SMILES string of the molecule is O=S(=O)(NCc1ccccc1COCc1ccccc1)c1cc(F)cc(F)c1. The summed E-state index contributed by atoms with van der Waals surface area (Å²) in [6, 6.07) is 19.1. The van der Waals surface area contributed by atoms with Crippen molar-refractivity contribution >= 4 is 10.0 Å². The first-order valence-corrected chi connectivity index (χ1v) is 10.1. The van der Waals surface area contributed by atoms with Crippen LogP contribution in [0.25, 0.3) is 0 Å². The first-order valence-electron chi connectivity index (χ1n) is 8.58. The molecule has 0 bridgehead atoms. The Bertz CT molecular complexity index is 1020. The fourth-order valence-corrected chi connectivity index (χ4v) is 3.71. The van der Waals surface area contributed by atoms with Gasteiger partial charge < -0.3 is 4.74 Å². The molecule has 0 radical (unpaired) electrons. The minimum atomic E-state index is -4.05. The van der Waals surface area contributed by atoms with Gasteiger partial charge in [0.1, 0.15) is 11.6 Å². The molecule has 0 aliphatic heterocycles. The molecule has 0 saturated carbocycles. The van der Waals surface area contributed by atoms with Crippen molar-refractivity contribution in [2.45, 2.75) is 24.7 Å². The van der Waals surface area contributed by atoms with Gasteiger partial charge in [0, 0.05) is 12.6 Å². The highest BCUT2D eigenvalue weighted by molar-refractivity contribution is 7.89. The van der Waals surface area contributed by atoms with Crippen molar-refractivity contribution in [3.8, 4) is 0 Å². The lowest BCUT2D eigenvalue weighted by molar-refractivity contribution is 0.106. The van der Waals surface area contributed by atoms with Crippen LogP contribution in [-0.2, 0) is 34.5 Å². The molecule has 0 aromatic heterocycles. The second-order valence-electron chi connectivity index (χ2n) is 6.18. The van der Waals surface area contributed by atoms with Gasteiger partial charge in [-0.05, 0) is 28.8 Å². The van der Waals surface area contributed by atoms with Crippen LogP contribution in [0.15, 0.2) is 77.7 Å². The summed E-state index contributed by atoms with van der Waals surface area (Å²) in [5.41, 5.74) is 2.58. The zero-order valence-electron chi connectivity index (χ0n) is 14.9. The second-order valence-corrected chi connectivity index (χ2v) is 7.94. The average Bonchev–Trinajstić information content (AvgIpc) is 2.67. The third kappa shape index (κ3) is 5.45. The van der Waals surface area contributed by atoms with E-state index in [1.165, 1.54) is 0 Å². The molecule has 0 unspecified atom stereocenters. The maximum Gasteiger partial charge on any atom is 0.241 e. The van der Waals surface area contributed by atoms with Crippen molar-refractivity contribution < 1.29 is 21.9 Å². The lowest BCUT2D eigenvalue weighted by Gasteiger charge is -2.12. The molecule has 146 valence electrons. The van der Waals surface area contributed by atoms with Crippen molar-refractivity contribution in [3.05, 3.63) is 101 Å². The van der Waals surface area contributed by atoms with Crippen molar-refractivity contribution in [2.24, 2.45) is 0 Å². The van der Waals surface area contributed by atoms with Crippen LogP contribution in [0.1, 0.15) is 16.7 Å². The first-order chi connectivity index (χ1) is 13.4. The Balaban J connectivity index is 1.66. The highest BCUT2D eigenvalue weighted by Crippen LogP contribution is 2.16. The summed E-state index contributed by atoms with van der Waals surface area (Å²) in [5, 5.41) is 0. The van der Waals surface area contributed by atoms with E-state index in [0.717, 1.165) is 28.8 Å². The molecule has 1 N–H and O–H groups in total. The van der Waals surface area contributed by atoms with Gasteiger partial charge in [0.05, 0.1) is 18.1 Å². The standard InChI is InChI=1S/C21H19F2NO3S/c22-19-10-20(23)12-21(11-19)28(25,26)24-13-17-8-4-5-9-18(17)15-27-14-16-6-2-1-3-7-16/h1-12,24H,13-15H2. The smallest absolute Gasteiger partial charge is 0.241 e. The van der Waals surface area contributed by atoms with Gasteiger partial charge in [0.2, 0.25) is 10.0 Å². The highest BCUT2D eigenvalue weighted by atomic mass is 32.2. The largest absolute Gasteiger partial charge is 0.372 e. The predicted octanol–water partition coefficient (Wildman–Crippen LogP) is 4.16. The Labute approximate surface area is 162 Å². The number of hydrogen-bond acceptors (Lipinski definition) is 3. The molecule has 0 heterocycles. The zero-order valence-corrected chi connectivity index (χ0v) is 15.8. The molecule has 4 nitrogen and oxygen atoms in total. The van der Waals surface area contributed by atoms with E-state index in [-0.39, 0.29) is 6.54 Å². The minimum Gasteiger partial charge on any atom is -0.372 e. The van der Waals surface area contributed by atoms with E-state index in [0.29, 0.717) is 19.3 Å². The molecule has 0 saturated heterocycles. The summed E-state index contributed by atoms with van der Waals surface area (Å²) in [5.74, 6) is -1.90. The molecule has 28 heavy (non-hydrogen) atoms. The van der Waals surface area contributed by atoms with Crippen LogP contribution in [0.4, 0.5) is 8.78 Å². The Morgan fingerprint density at radius 2 is 1.39 bits per heavy atom. The van der Waals surface area contributed by atoms with Crippen molar-refractivity contribution in [3.63, 3.8) is 0 Å². The minimum absolute atomic E-state index is 0.0225. The fourth-order valence-electron chi connectivity index (χ4n) is 2.66. The molecule has 3 aromatic carbocycles. The molecule has 0 spiro atoms. The number of rotatable bonds is 8. The predicted molar refractivity (Wildman–Crippen MR) is 102 cm³/mol. The topological polar surface area (TPSA) is 55.4 Å². The molecular weight excluding hydrogens is 384 g/mol. The Hall–Kier alpha value is -2.61. The van der Waals surface area contributed by atoms with Crippen LogP contribution in [0.5, 0.6) is 0 Å². The van der Waals surface area contributed by atoms with E-state index in [1.54, 1.807) is 12.1 Å². The van der Waals surface area contributed by atoms with Crippen LogP contribution < -0.4 is 4.72 Å². The number of benzene rings is 3. The average molecular weight is 403 g/mol. The van der Waals surface area contributed by atoms with Gasteiger partial charge >= 0.3 is 0 Å². The van der Waals surface area contributed by atoms with Gasteiger partial charge in [-0.15, -0.1) is 0 Å². The number of sulfonamides is 1. The van der Waals surface area contributed by atoms with Gasteiger partial charge in [-0.1, -0.05) is 54.6 Å². The normalized spacial score (nSPS) is 11.5. The van der Waals surface area contributed by atoms with E-state index >= 15 is 0 Å². The second kappa shape index (κ2) is 9.05. The summed E-state index contributed by atoms with van der Waals surface area (Å²) in [6.45, 7) is 0.718. The molecule has 3 aromatic rings. The van der Waals surface area contributed by atoms with Crippen molar-refractivity contribution in [2.75, 3.05) is 0 Å². The quantitative estimate of drug-likeness (QED) is 0.615. The van der Waals surface area contributed by atoms with Gasteiger partial charge in [-0.3, -0.25) is 0 Å². The number of hydrogen-bond donors (Lipinski definition) is 1. The summed E-state index contributed by atoms with van der Waals surface area (Å²) in [4.78, 5) is -0.456. The van der Waals surface area contributed by atoms with Gasteiger partial charge in [-0.25, -0.2) is 21.9 Å². The van der Waals surface area contributed by atoms with Crippen LogP contribution in [0, 0.1) is 11.6 Å². The highest BCUT2D eigenvalue weighted by Gasteiger charge is 2.17. The number of ether oxygens (including phenoxy) is 1. The van der Waals surface area contributed by atoms with Gasteiger partial charge in [0.25, 0.3) is 0 Å². The van der Waals surface area contributed by atoms with E-state index in [9.17, 15) is 17.2 Å². The summed E-state index contributed by atoms with van der Waals surface area (Å²) in [7, 11) is -4.05. The van der Waals surface area contributed by atoms with Crippen LogP contribution in [0.3, 0.4) is 0 Å².